The van der Waals surface area contributed by atoms with Gasteiger partial charge in [-0.05, 0) is 74.4 Å². The number of ether oxygens (including phenoxy) is 2. The predicted octanol–water partition coefficient (Wildman–Crippen LogP) is 5.92. The van der Waals surface area contributed by atoms with Crippen molar-refractivity contribution in [2.24, 2.45) is 0 Å². The van der Waals surface area contributed by atoms with Crippen LogP contribution >= 0.6 is 11.6 Å². The smallest absolute Gasteiger partial charge is 0.319 e. The van der Waals surface area contributed by atoms with Crippen molar-refractivity contribution in [3.05, 3.63) is 69.7 Å². The molecule has 0 aliphatic carbocycles. The van der Waals surface area contributed by atoms with Gasteiger partial charge >= 0.3 is 6.01 Å². The van der Waals surface area contributed by atoms with E-state index in [2.05, 4.69) is 20.1 Å². The minimum Gasteiger partial charge on any atom is -0.508 e. The number of aliphatic hydroxyl groups is 1. The lowest BCUT2D eigenvalue weighted by Crippen LogP contribution is -2.51. The lowest BCUT2D eigenvalue weighted by molar-refractivity contribution is -0.0161. The van der Waals surface area contributed by atoms with Gasteiger partial charge in [-0.25, -0.2) is 4.39 Å². The number of fused-ring (bicyclic) bond motifs is 5. The number of nitrogens with zero attached hydrogens (tertiary/aromatic N) is 4. The predicted molar refractivity (Wildman–Crippen MR) is 172 cm³/mol. The van der Waals surface area contributed by atoms with Crippen LogP contribution in [0.15, 0.2) is 42.2 Å². The summed E-state index contributed by atoms with van der Waals surface area (Å²) in [6.45, 7) is 6.50. The molecule has 232 valence electrons. The Bertz CT molecular complexity index is 1570. The third-order valence-corrected chi connectivity index (χ3v) is 9.80. The van der Waals surface area contributed by atoms with Crippen LogP contribution in [0.25, 0.3) is 23.1 Å². The second-order valence-electron chi connectivity index (χ2n) is 12.5. The molecule has 8 nitrogen and oxygen atoms in total. The molecule has 4 atom stereocenters. The topological polar surface area (TPSA) is 83.0 Å². The molecule has 2 N–H and O–H groups in total. The first-order valence-electron chi connectivity index (χ1n) is 15.7. The number of aromatic nitrogens is 2. The maximum atomic E-state index is 16.3. The van der Waals surface area contributed by atoms with Crippen molar-refractivity contribution >= 4 is 40.5 Å². The highest BCUT2D eigenvalue weighted by molar-refractivity contribution is 6.33. The van der Waals surface area contributed by atoms with E-state index in [0.29, 0.717) is 42.0 Å². The second kappa shape index (κ2) is 12.6. The summed E-state index contributed by atoms with van der Waals surface area (Å²) in [5, 5.41) is 15.0. The number of benzene rings is 2. The average Bonchev–Trinajstić information content (AvgIpc) is 3.46. The van der Waals surface area contributed by atoms with E-state index in [1.54, 1.807) is 12.1 Å². The molecule has 4 bridgehead atoms. The lowest BCUT2D eigenvalue weighted by Gasteiger charge is -2.34. The monoisotopic (exact) mass is 619 g/mol. The number of nitrogens with one attached hydrogen (secondary N) is 1. The quantitative estimate of drug-likeness (QED) is 0.174. The zero-order chi connectivity index (χ0) is 30.2. The summed E-state index contributed by atoms with van der Waals surface area (Å²) in [6.07, 6.45) is 10.0. The van der Waals surface area contributed by atoms with Crippen LogP contribution in [0.2, 0.25) is 5.02 Å². The average molecular weight is 620 g/mol. The largest absolute Gasteiger partial charge is 0.508 e. The number of piperazine rings is 1. The molecule has 4 saturated heterocycles. The molecule has 0 amide bonds. The molecular formula is C34H39ClFN5O3. The van der Waals surface area contributed by atoms with Gasteiger partial charge in [0, 0.05) is 54.8 Å². The van der Waals surface area contributed by atoms with E-state index in [1.807, 2.05) is 31.2 Å². The first-order valence-corrected chi connectivity index (χ1v) is 16.1. The zero-order valence-electron chi connectivity index (χ0n) is 25.0. The molecule has 44 heavy (non-hydrogen) atoms. The first kappa shape index (κ1) is 29.5. The number of aryl methyl sites for hydroxylation is 1. The van der Waals surface area contributed by atoms with Crippen LogP contribution in [0.3, 0.4) is 0 Å². The first-order chi connectivity index (χ1) is 21.4. The molecule has 2 aromatic carbocycles. The molecule has 0 spiro atoms. The second-order valence-corrected chi connectivity index (χ2v) is 12.9. The Morgan fingerprint density at radius 2 is 1.89 bits per heavy atom. The molecule has 4 aliphatic heterocycles. The van der Waals surface area contributed by atoms with Crippen LogP contribution in [0.5, 0.6) is 6.01 Å². The Morgan fingerprint density at radius 3 is 2.64 bits per heavy atom. The third kappa shape index (κ3) is 6.03. The van der Waals surface area contributed by atoms with Gasteiger partial charge in [-0.1, -0.05) is 35.9 Å². The maximum Gasteiger partial charge on any atom is 0.319 e. The van der Waals surface area contributed by atoms with Crippen LogP contribution in [0.4, 0.5) is 10.2 Å². The van der Waals surface area contributed by atoms with E-state index in [-0.39, 0.29) is 27.9 Å². The lowest BCUT2D eigenvalue weighted by atomic mass is 10.1. The number of allylic oxidation sites excluding steroid dienone is 1. The van der Waals surface area contributed by atoms with Gasteiger partial charge in [0.15, 0.2) is 5.82 Å². The molecular weight excluding hydrogens is 581 g/mol. The van der Waals surface area contributed by atoms with E-state index < -0.39 is 5.82 Å². The van der Waals surface area contributed by atoms with Crippen molar-refractivity contribution in [3.63, 3.8) is 0 Å². The summed E-state index contributed by atoms with van der Waals surface area (Å²) >= 11 is 6.68. The van der Waals surface area contributed by atoms with Crippen LogP contribution in [0.1, 0.15) is 48.8 Å². The van der Waals surface area contributed by atoms with Crippen molar-refractivity contribution in [2.75, 3.05) is 44.4 Å². The van der Waals surface area contributed by atoms with Gasteiger partial charge in [-0.15, -0.1) is 0 Å². The van der Waals surface area contributed by atoms with E-state index in [4.69, 9.17) is 26.1 Å². The number of anilines is 1. The molecule has 4 aliphatic rings. The molecule has 3 aromatic rings. The van der Waals surface area contributed by atoms with Crippen LogP contribution < -0.4 is 15.0 Å². The molecule has 10 heteroatoms. The summed E-state index contributed by atoms with van der Waals surface area (Å²) in [6, 6.07) is 11.4. The summed E-state index contributed by atoms with van der Waals surface area (Å²) in [7, 11) is 0. The van der Waals surface area contributed by atoms with Crippen molar-refractivity contribution in [1.29, 1.82) is 0 Å². The third-order valence-electron chi connectivity index (χ3n) is 9.49. The Balaban J connectivity index is 1.17. The van der Waals surface area contributed by atoms with Crippen molar-refractivity contribution in [2.45, 2.75) is 63.2 Å². The Labute approximate surface area is 262 Å². The van der Waals surface area contributed by atoms with Gasteiger partial charge in [-0.3, -0.25) is 4.90 Å². The summed E-state index contributed by atoms with van der Waals surface area (Å²) < 4.78 is 28.1. The van der Waals surface area contributed by atoms with Gasteiger partial charge < -0.3 is 24.8 Å². The van der Waals surface area contributed by atoms with Crippen LogP contribution in [-0.2, 0) is 4.74 Å². The standard InChI is InChI=1S/C34H39ClFN5O3/c1-21-5-2-3-6-22(21)15-27(42)11-12-28-30(35)16-29-32(31(28)36)38-34(39-33(29)40-17-23-7-8-24(18-40)37-23)44-14-4-13-41-25-9-10-26(41)20-43-19-25/h2-3,5-6,11-12,15-16,23-26,37,42H,4,7-10,13-14,17-20H2,1H3/b12-11+,27-15+. The summed E-state index contributed by atoms with van der Waals surface area (Å²) in [5.74, 6) is 0.0736. The van der Waals surface area contributed by atoms with E-state index in [0.717, 1.165) is 63.2 Å². The number of morpholine rings is 1. The van der Waals surface area contributed by atoms with Crippen LogP contribution in [-0.4, -0.2) is 83.6 Å². The van der Waals surface area contributed by atoms with Gasteiger partial charge in [0.2, 0.25) is 0 Å². The summed E-state index contributed by atoms with van der Waals surface area (Å²) in [4.78, 5) is 14.1. The SMILES string of the molecule is Cc1ccccc1/C=C(O)\C=C\c1c(Cl)cc2c(N3CC4CCC(C3)N4)nc(OCCCN3C4CCC3COC4)nc2c1F. The van der Waals surface area contributed by atoms with Gasteiger partial charge in [0.1, 0.15) is 17.1 Å². The Morgan fingerprint density at radius 1 is 1.14 bits per heavy atom. The molecule has 4 fully saturated rings. The van der Waals surface area contributed by atoms with E-state index >= 15 is 4.39 Å². The van der Waals surface area contributed by atoms with Crippen molar-refractivity contribution in [3.8, 4) is 6.01 Å². The highest BCUT2D eigenvalue weighted by Crippen LogP contribution is 2.36. The fraction of sp³-hybridized carbons (Fsp3) is 0.471. The van der Waals surface area contributed by atoms with Crippen molar-refractivity contribution < 1.29 is 19.0 Å². The minimum absolute atomic E-state index is 0.00717. The molecule has 7 rings (SSSR count). The fourth-order valence-corrected chi connectivity index (χ4v) is 7.47. The number of aliphatic hydroxyl groups excluding tert-OH is 1. The number of halogens is 2. The molecule has 0 saturated carbocycles. The minimum atomic E-state index is -0.566. The normalized spacial score (nSPS) is 25.4. The molecule has 0 radical (unpaired) electrons. The van der Waals surface area contributed by atoms with Gasteiger partial charge in [-0.2, -0.15) is 9.97 Å². The maximum absolute atomic E-state index is 16.3. The molecule has 4 unspecified atom stereocenters. The highest BCUT2D eigenvalue weighted by Gasteiger charge is 2.37. The fourth-order valence-electron chi connectivity index (χ4n) is 7.22. The highest BCUT2D eigenvalue weighted by atomic mass is 35.5. The zero-order valence-corrected chi connectivity index (χ0v) is 25.8. The van der Waals surface area contributed by atoms with Gasteiger partial charge in [0.25, 0.3) is 0 Å². The number of hydrogen-bond acceptors (Lipinski definition) is 8. The van der Waals surface area contributed by atoms with Gasteiger partial charge in [0.05, 0.1) is 24.8 Å². The Kier molecular flexibility index (Phi) is 8.46. The molecule has 1 aromatic heterocycles. The van der Waals surface area contributed by atoms with Crippen molar-refractivity contribution in [1.82, 2.24) is 20.2 Å². The van der Waals surface area contributed by atoms with E-state index in [1.165, 1.54) is 25.0 Å². The number of rotatable bonds is 9. The van der Waals surface area contributed by atoms with E-state index in [9.17, 15) is 5.11 Å². The Hall–Kier alpha value is -3.24. The molecule has 5 heterocycles. The number of hydrogen-bond donors (Lipinski definition) is 2. The van der Waals surface area contributed by atoms with Crippen LogP contribution in [0, 0.1) is 12.7 Å². The summed E-state index contributed by atoms with van der Waals surface area (Å²) in [5.41, 5.74) is 2.22.